The van der Waals surface area contributed by atoms with Crippen molar-refractivity contribution in [2.45, 2.75) is 0 Å². The second-order valence-corrected chi connectivity index (χ2v) is 4.55. The van der Waals surface area contributed by atoms with Gasteiger partial charge in [0.2, 0.25) is 5.90 Å². The van der Waals surface area contributed by atoms with E-state index in [1.54, 1.807) is 24.3 Å². The van der Waals surface area contributed by atoms with Crippen LogP contribution in [0.2, 0.25) is 0 Å². The van der Waals surface area contributed by atoms with Crippen LogP contribution in [0.25, 0.3) is 6.08 Å². The number of non-ortho nitro benzene ring substituents is 1. The molecule has 2 aromatic rings. The Balaban J connectivity index is 1.89. The van der Waals surface area contributed by atoms with Gasteiger partial charge in [-0.15, -0.1) is 0 Å². The molecule has 0 amide bonds. The second kappa shape index (κ2) is 5.61. The molecule has 0 atom stereocenters. The van der Waals surface area contributed by atoms with Crippen molar-refractivity contribution in [3.8, 4) is 0 Å². The van der Waals surface area contributed by atoms with Crippen molar-refractivity contribution in [2.75, 3.05) is 0 Å². The average Bonchev–Trinajstić information content (AvgIpc) is 2.90. The summed E-state index contributed by atoms with van der Waals surface area (Å²) in [5, 5.41) is 10.6. The number of benzene rings is 2. The molecule has 0 fully saturated rings. The molecule has 0 saturated heterocycles. The number of nitro groups is 1. The zero-order valence-electron chi connectivity index (χ0n) is 11.3. The molecule has 6 nitrogen and oxygen atoms in total. The normalized spacial score (nSPS) is 15.5. The van der Waals surface area contributed by atoms with Crippen molar-refractivity contribution >= 4 is 23.6 Å². The van der Waals surface area contributed by atoms with E-state index in [2.05, 4.69) is 4.99 Å². The van der Waals surface area contributed by atoms with Crippen molar-refractivity contribution < 1.29 is 14.5 Å². The Bertz CT molecular complexity index is 793. The summed E-state index contributed by atoms with van der Waals surface area (Å²) in [7, 11) is 0. The van der Waals surface area contributed by atoms with Crippen LogP contribution in [0, 0.1) is 10.1 Å². The summed E-state index contributed by atoms with van der Waals surface area (Å²) in [5.41, 5.74) is 1.50. The average molecular weight is 294 g/mol. The van der Waals surface area contributed by atoms with E-state index in [0.717, 1.165) is 0 Å². The van der Waals surface area contributed by atoms with Gasteiger partial charge in [0.05, 0.1) is 4.92 Å². The Kier molecular flexibility index (Phi) is 3.49. The number of ether oxygens (including phenoxy) is 1. The Morgan fingerprint density at radius 2 is 1.73 bits per heavy atom. The fourth-order valence-electron chi connectivity index (χ4n) is 1.96. The molecule has 0 unspecified atom stereocenters. The van der Waals surface area contributed by atoms with E-state index in [9.17, 15) is 14.9 Å². The van der Waals surface area contributed by atoms with Crippen LogP contribution in [0.15, 0.2) is 65.3 Å². The Morgan fingerprint density at radius 3 is 2.36 bits per heavy atom. The summed E-state index contributed by atoms with van der Waals surface area (Å²) in [6.07, 6.45) is 1.53. The fourth-order valence-corrected chi connectivity index (χ4v) is 1.96. The molecule has 6 heteroatoms. The monoisotopic (exact) mass is 294 g/mol. The molecular formula is C16H10N2O4. The highest BCUT2D eigenvalue weighted by molar-refractivity contribution is 6.12. The molecular weight excluding hydrogens is 284 g/mol. The number of cyclic esters (lactones) is 1. The van der Waals surface area contributed by atoms with E-state index in [0.29, 0.717) is 11.1 Å². The van der Waals surface area contributed by atoms with Gasteiger partial charge in [-0.25, -0.2) is 9.79 Å². The standard InChI is InChI=1S/C16H10N2O4/c19-16-14(10-11-6-8-13(9-7-11)18(20)21)17-15(22-16)12-4-2-1-3-5-12/h1-10H/b14-10-. The predicted octanol–water partition coefficient (Wildman–Crippen LogP) is 2.94. The van der Waals surface area contributed by atoms with Crippen molar-refractivity contribution in [3.05, 3.63) is 81.5 Å². The minimum atomic E-state index is -0.544. The van der Waals surface area contributed by atoms with Gasteiger partial charge in [0, 0.05) is 17.7 Å². The summed E-state index contributed by atoms with van der Waals surface area (Å²) < 4.78 is 5.13. The Morgan fingerprint density at radius 1 is 1.05 bits per heavy atom. The zero-order valence-corrected chi connectivity index (χ0v) is 11.3. The first-order valence-electron chi connectivity index (χ1n) is 6.46. The molecule has 0 saturated carbocycles. The van der Waals surface area contributed by atoms with Gasteiger partial charge in [0.25, 0.3) is 5.69 Å². The third-order valence-electron chi connectivity index (χ3n) is 3.05. The third-order valence-corrected chi connectivity index (χ3v) is 3.05. The van der Waals surface area contributed by atoms with Crippen LogP contribution in [0.5, 0.6) is 0 Å². The minimum absolute atomic E-state index is 0.00961. The van der Waals surface area contributed by atoms with Crippen molar-refractivity contribution in [1.29, 1.82) is 0 Å². The number of aliphatic imine (C=N–C) groups is 1. The quantitative estimate of drug-likeness (QED) is 0.377. The van der Waals surface area contributed by atoms with E-state index < -0.39 is 10.9 Å². The minimum Gasteiger partial charge on any atom is -0.402 e. The number of carbonyl (C=O) groups excluding carboxylic acids is 1. The number of carbonyl (C=O) groups is 1. The Labute approximate surface area is 125 Å². The first-order valence-corrected chi connectivity index (χ1v) is 6.46. The summed E-state index contributed by atoms with van der Waals surface area (Å²) in [5.74, 6) is -0.295. The number of nitrogens with zero attached hydrogens (tertiary/aromatic N) is 2. The zero-order chi connectivity index (χ0) is 15.5. The Hall–Kier alpha value is -3.28. The summed E-state index contributed by atoms with van der Waals surface area (Å²) in [4.78, 5) is 26.1. The summed E-state index contributed by atoms with van der Waals surface area (Å²) in [6.45, 7) is 0. The maximum Gasteiger partial charge on any atom is 0.363 e. The van der Waals surface area contributed by atoms with Crippen LogP contribution in [-0.4, -0.2) is 16.8 Å². The van der Waals surface area contributed by atoms with Crippen LogP contribution in [-0.2, 0) is 9.53 Å². The highest BCUT2D eigenvalue weighted by Gasteiger charge is 2.23. The van der Waals surface area contributed by atoms with Gasteiger partial charge in [-0.1, -0.05) is 18.2 Å². The highest BCUT2D eigenvalue weighted by Crippen LogP contribution is 2.20. The number of hydrogen-bond acceptors (Lipinski definition) is 5. The molecule has 1 aliphatic rings. The van der Waals surface area contributed by atoms with Gasteiger partial charge >= 0.3 is 5.97 Å². The maximum absolute atomic E-state index is 11.8. The molecule has 0 aliphatic carbocycles. The molecule has 22 heavy (non-hydrogen) atoms. The van der Waals surface area contributed by atoms with E-state index in [4.69, 9.17) is 4.74 Å². The van der Waals surface area contributed by atoms with Crippen LogP contribution >= 0.6 is 0 Å². The highest BCUT2D eigenvalue weighted by atomic mass is 16.6. The molecule has 0 N–H and O–H groups in total. The SMILES string of the molecule is O=C1OC(c2ccccc2)=N/C1=C\c1ccc([N+](=O)[O-])cc1. The van der Waals surface area contributed by atoms with Gasteiger partial charge in [-0.05, 0) is 35.9 Å². The van der Waals surface area contributed by atoms with Crippen molar-refractivity contribution in [1.82, 2.24) is 0 Å². The van der Waals surface area contributed by atoms with Gasteiger partial charge < -0.3 is 4.74 Å². The van der Waals surface area contributed by atoms with E-state index in [1.807, 2.05) is 18.2 Å². The molecule has 0 radical (unpaired) electrons. The lowest BCUT2D eigenvalue weighted by Gasteiger charge is -1.97. The lowest BCUT2D eigenvalue weighted by atomic mass is 10.2. The summed E-state index contributed by atoms with van der Waals surface area (Å²) in [6, 6.07) is 14.9. The molecule has 3 rings (SSSR count). The number of nitro benzene ring substituents is 1. The molecule has 1 aliphatic heterocycles. The number of esters is 1. The molecule has 1 heterocycles. The molecule has 108 valence electrons. The predicted molar refractivity (Wildman–Crippen MR) is 80.1 cm³/mol. The first-order chi connectivity index (χ1) is 10.6. The smallest absolute Gasteiger partial charge is 0.363 e. The van der Waals surface area contributed by atoms with Crippen LogP contribution in [0.3, 0.4) is 0 Å². The van der Waals surface area contributed by atoms with E-state index in [-0.39, 0.29) is 17.3 Å². The topological polar surface area (TPSA) is 81.8 Å². The van der Waals surface area contributed by atoms with Gasteiger partial charge in [-0.3, -0.25) is 10.1 Å². The maximum atomic E-state index is 11.8. The largest absolute Gasteiger partial charge is 0.402 e. The molecule has 0 spiro atoms. The van der Waals surface area contributed by atoms with Crippen molar-refractivity contribution in [2.24, 2.45) is 4.99 Å². The van der Waals surface area contributed by atoms with E-state index >= 15 is 0 Å². The van der Waals surface area contributed by atoms with Crippen LogP contribution < -0.4 is 0 Å². The summed E-state index contributed by atoms with van der Waals surface area (Å²) >= 11 is 0. The van der Waals surface area contributed by atoms with Gasteiger partial charge in [0.1, 0.15) is 0 Å². The van der Waals surface area contributed by atoms with Gasteiger partial charge in [-0.2, -0.15) is 0 Å². The second-order valence-electron chi connectivity index (χ2n) is 4.55. The molecule has 2 aromatic carbocycles. The fraction of sp³-hybridized carbons (Fsp3) is 0. The molecule has 0 aromatic heterocycles. The lowest BCUT2D eigenvalue weighted by Crippen LogP contribution is -2.04. The number of hydrogen-bond donors (Lipinski definition) is 0. The van der Waals surface area contributed by atoms with E-state index in [1.165, 1.54) is 18.2 Å². The first kappa shape index (κ1) is 13.7. The molecule has 0 bridgehead atoms. The van der Waals surface area contributed by atoms with Crippen LogP contribution in [0.4, 0.5) is 5.69 Å². The van der Waals surface area contributed by atoms with Gasteiger partial charge in [0.15, 0.2) is 5.70 Å². The third kappa shape index (κ3) is 2.76. The lowest BCUT2D eigenvalue weighted by molar-refractivity contribution is -0.384. The number of rotatable bonds is 3. The van der Waals surface area contributed by atoms with Crippen LogP contribution in [0.1, 0.15) is 11.1 Å². The van der Waals surface area contributed by atoms with Crippen molar-refractivity contribution in [3.63, 3.8) is 0 Å².